The van der Waals surface area contributed by atoms with Crippen molar-refractivity contribution in [1.29, 1.82) is 0 Å². The van der Waals surface area contributed by atoms with Crippen LogP contribution in [0.3, 0.4) is 0 Å². The van der Waals surface area contributed by atoms with Gasteiger partial charge in [0.15, 0.2) is 16.7 Å². The topological polar surface area (TPSA) is 67.8 Å². The molecule has 1 aromatic carbocycles. The lowest BCUT2D eigenvalue weighted by atomic mass is 10.1. The van der Waals surface area contributed by atoms with Crippen LogP contribution in [0.2, 0.25) is 0 Å². The molecule has 3 rings (SSSR count). The molecule has 1 aliphatic rings. The Morgan fingerprint density at radius 2 is 1.71 bits per heavy atom. The van der Waals surface area contributed by atoms with Crippen LogP contribution in [-0.2, 0) is 11.3 Å². The van der Waals surface area contributed by atoms with Crippen LogP contribution in [0.4, 0.5) is 0 Å². The molecule has 28 heavy (non-hydrogen) atoms. The van der Waals surface area contributed by atoms with Crippen LogP contribution in [0.25, 0.3) is 0 Å². The molecule has 0 spiro atoms. The smallest absolute Gasteiger partial charge is 0.233 e. The Bertz CT molecular complexity index is 796. The van der Waals surface area contributed by atoms with Gasteiger partial charge in [-0.2, -0.15) is 0 Å². The van der Waals surface area contributed by atoms with Crippen LogP contribution < -0.4 is 9.47 Å². The minimum absolute atomic E-state index is 0.138. The minimum atomic E-state index is 0.138. The van der Waals surface area contributed by atoms with Crippen molar-refractivity contribution in [3.8, 4) is 11.5 Å². The van der Waals surface area contributed by atoms with E-state index in [1.807, 2.05) is 17.0 Å². The first-order valence-corrected chi connectivity index (χ1v) is 10.2. The maximum atomic E-state index is 12.4. The molecule has 0 atom stereocenters. The molecule has 1 aliphatic heterocycles. The second kappa shape index (κ2) is 9.75. The highest BCUT2D eigenvalue weighted by Gasteiger charge is 2.22. The lowest BCUT2D eigenvalue weighted by Gasteiger charge is -2.35. The van der Waals surface area contributed by atoms with Crippen LogP contribution >= 0.6 is 11.8 Å². The highest BCUT2D eigenvalue weighted by molar-refractivity contribution is 7.99. The second-order valence-corrected chi connectivity index (χ2v) is 7.55. The zero-order valence-corrected chi connectivity index (χ0v) is 17.4. The predicted molar refractivity (Wildman–Crippen MR) is 109 cm³/mol. The van der Waals surface area contributed by atoms with E-state index in [0.29, 0.717) is 10.9 Å². The zero-order chi connectivity index (χ0) is 19.9. The van der Waals surface area contributed by atoms with E-state index in [1.165, 1.54) is 22.9 Å². The Balaban J connectivity index is 1.51. The number of hydrogen-bond donors (Lipinski definition) is 0. The number of benzene rings is 1. The molecule has 0 unspecified atom stereocenters. The number of carbonyl (C=O) groups is 1. The third kappa shape index (κ3) is 5.14. The number of aryl methyl sites for hydroxylation is 1. The van der Waals surface area contributed by atoms with Gasteiger partial charge in [0.05, 0.1) is 20.0 Å². The minimum Gasteiger partial charge on any atom is -0.493 e. The third-order valence-corrected chi connectivity index (χ3v) is 5.69. The van der Waals surface area contributed by atoms with E-state index in [9.17, 15) is 4.79 Å². The number of methoxy groups -OCH3 is 2. The van der Waals surface area contributed by atoms with E-state index in [4.69, 9.17) is 9.47 Å². The van der Waals surface area contributed by atoms with Crippen molar-refractivity contribution in [2.45, 2.75) is 18.6 Å². The van der Waals surface area contributed by atoms with Gasteiger partial charge in [0.25, 0.3) is 0 Å². The molecule has 2 aromatic rings. The Labute approximate surface area is 170 Å². The Morgan fingerprint density at radius 1 is 1.07 bits per heavy atom. The molecular weight excluding hydrogens is 376 g/mol. The summed E-state index contributed by atoms with van der Waals surface area (Å²) in [6.07, 6.45) is 3.38. The molecule has 150 valence electrons. The van der Waals surface area contributed by atoms with Gasteiger partial charge in [-0.25, -0.2) is 9.97 Å². The Morgan fingerprint density at radius 3 is 2.36 bits per heavy atom. The third-order valence-electron chi connectivity index (χ3n) is 4.83. The summed E-state index contributed by atoms with van der Waals surface area (Å²) in [4.78, 5) is 25.0. The fourth-order valence-electron chi connectivity index (χ4n) is 3.17. The van der Waals surface area contributed by atoms with Crippen molar-refractivity contribution >= 4 is 17.7 Å². The molecule has 1 saturated heterocycles. The number of thioether (sulfide) groups is 1. The molecule has 0 saturated carbocycles. The number of nitrogens with zero attached hydrogens (tertiary/aromatic N) is 4. The van der Waals surface area contributed by atoms with Crippen molar-refractivity contribution in [1.82, 2.24) is 19.8 Å². The fraction of sp³-hybridized carbons (Fsp3) is 0.450. The van der Waals surface area contributed by atoms with Crippen molar-refractivity contribution in [3.05, 3.63) is 41.7 Å². The van der Waals surface area contributed by atoms with Crippen molar-refractivity contribution in [2.75, 3.05) is 46.2 Å². The number of rotatable bonds is 7. The van der Waals surface area contributed by atoms with Crippen molar-refractivity contribution in [2.24, 2.45) is 0 Å². The van der Waals surface area contributed by atoms with Gasteiger partial charge in [-0.1, -0.05) is 11.8 Å². The summed E-state index contributed by atoms with van der Waals surface area (Å²) >= 11 is 1.38. The standard InChI is InChI=1S/C20H26N4O3S/c1-15-11-17(26-2)18(27-3)12-16(15)13-23-7-9-24(10-8-23)19(25)14-28-20-21-5-4-6-22-20/h4-6,11-12H,7-10,13-14H2,1-3H3. The average molecular weight is 403 g/mol. The molecule has 2 heterocycles. The van der Waals surface area contributed by atoms with Crippen LogP contribution in [0.15, 0.2) is 35.7 Å². The van der Waals surface area contributed by atoms with Gasteiger partial charge in [0.2, 0.25) is 5.91 Å². The number of piperazine rings is 1. The van der Waals surface area contributed by atoms with E-state index in [1.54, 1.807) is 32.7 Å². The van der Waals surface area contributed by atoms with E-state index >= 15 is 0 Å². The van der Waals surface area contributed by atoms with Gasteiger partial charge in [-0.15, -0.1) is 0 Å². The summed E-state index contributed by atoms with van der Waals surface area (Å²) < 4.78 is 10.8. The van der Waals surface area contributed by atoms with Gasteiger partial charge in [-0.3, -0.25) is 9.69 Å². The number of aromatic nitrogens is 2. The lowest BCUT2D eigenvalue weighted by molar-refractivity contribution is -0.130. The maximum Gasteiger partial charge on any atom is 0.233 e. The van der Waals surface area contributed by atoms with Gasteiger partial charge in [0.1, 0.15) is 0 Å². The fourth-order valence-corrected chi connectivity index (χ4v) is 3.87. The summed E-state index contributed by atoms with van der Waals surface area (Å²) in [7, 11) is 3.30. The molecule has 1 amide bonds. The molecule has 7 nitrogen and oxygen atoms in total. The van der Waals surface area contributed by atoms with E-state index in [2.05, 4.69) is 21.8 Å². The monoisotopic (exact) mass is 402 g/mol. The predicted octanol–water partition coefficient (Wildman–Crippen LogP) is 2.24. The number of amides is 1. The van der Waals surface area contributed by atoms with Gasteiger partial charge in [-0.05, 0) is 36.2 Å². The molecular formula is C20H26N4O3S. The highest BCUT2D eigenvalue weighted by atomic mass is 32.2. The Hall–Kier alpha value is -2.32. The lowest BCUT2D eigenvalue weighted by Crippen LogP contribution is -2.48. The number of hydrogen-bond acceptors (Lipinski definition) is 7. The first kappa shape index (κ1) is 20.4. The van der Waals surface area contributed by atoms with Crippen LogP contribution in [-0.4, -0.2) is 71.8 Å². The van der Waals surface area contributed by atoms with Gasteiger partial charge in [0, 0.05) is 45.1 Å². The van der Waals surface area contributed by atoms with Crippen LogP contribution in [0.1, 0.15) is 11.1 Å². The summed E-state index contributed by atoms with van der Waals surface area (Å²) in [5.41, 5.74) is 2.39. The summed E-state index contributed by atoms with van der Waals surface area (Å²) in [5.74, 6) is 2.01. The van der Waals surface area contributed by atoms with E-state index in [-0.39, 0.29) is 5.91 Å². The molecule has 1 aromatic heterocycles. The first-order chi connectivity index (χ1) is 13.6. The first-order valence-electron chi connectivity index (χ1n) is 9.22. The van der Waals surface area contributed by atoms with Crippen LogP contribution in [0, 0.1) is 6.92 Å². The summed E-state index contributed by atoms with van der Waals surface area (Å²) in [6.45, 7) is 6.10. The van der Waals surface area contributed by atoms with Gasteiger partial charge < -0.3 is 14.4 Å². The van der Waals surface area contributed by atoms with E-state index in [0.717, 1.165) is 44.2 Å². The van der Waals surface area contributed by atoms with Crippen molar-refractivity contribution in [3.63, 3.8) is 0 Å². The molecule has 0 N–H and O–H groups in total. The second-order valence-electron chi connectivity index (χ2n) is 6.61. The Kier molecular flexibility index (Phi) is 7.11. The van der Waals surface area contributed by atoms with Gasteiger partial charge >= 0.3 is 0 Å². The number of ether oxygens (including phenoxy) is 2. The van der Waals surface area contributed by atoms with Crippen LogP contribution in [0.5, 0.6) is 11.5 Å². The van der Waals surface area contributed by atoms with Crippen molar-refractivity contribution < 1.29 is 14.3 Å². The maximum absolute atomic E-state index is 12.4. The highest BCUT2D eigenvalue weighted by Crippen LogP contribution is 2.31. The molecule has 1 fully saturated rings. The SMILES string of the molecule is COc1cc(C)c(CN2CCN(C(=O)CSc3ncccn3)CC2)cc1OC. The summed E-state index contributed by atoms with van der Waals surface area (Å²) in [6, 6.07) is 5.82. The normalized spacial score (nSPS) is 14.8. The molecule has 0 bridgehead atoms. The number of carbonyl (C=O) groups excluding carboxylic acids is 1. The quantitative estimate of drug-likeness (QED) is 0.520. The molecule has 0 aliphatic carbocycles. The molecule has 8 heteroatoms. The molecule has 0 radical (unpaired) electrons. The largest absolute Gasteiger partial charge is 0.493 e. The van der Waals surface area contributed by atoms with E-state index < -0.39 is 0 Å². The summed E-state index contributed by atoms with van der Waals surface area (Å²) in [5, 5.41) is 0.637. The zero-order valence-electron chi connectivity index (χ0n) is 16.6. The average Bonchev–Trinajstić information content (AvgIpc) is 2.74.